The Labute approximate surface area is 70.0 Å². The molecule has 1 saturated heterocycles. The first-order chi connectivity index (χ1) is 4.67. The molecule has 1 N–H and O–H groups in total. The Balaban J connectivity index is 0.000001000. The van der Waals surface area contributed by atoms with E-state index in [1.54, 1.807) is 6.07 Å². The van der Waals surface area contributed by atoms with Gasteiger partial charge in [-0.05, 0) is 0 Å². The van der Waals surface area contributed by atoms with E-state index in [1.165, 1.54) is 0 Å². The van der Waals surface area contributed by atoms with Crippen LogP contribution < -0.4 is 5.32 Å². The Morgan fingerprint density at radius 3 is 2.55 bits per heavy atom. The van der Waals surface area contributed by atoms with Crippen LogP contribution in [0.4, 0.5) is 8.78 Å². The molecule has 1 fully saturated rings. The summed E-state index contributed by atoms with van der Waals surface area (Å²) in [4.78, 5) is 0. The van der Waals surface area contributed by atoms with Gasteiger partial charge in [0.2, 0.25) is 0 Å². The molecule has 0 saturated carbocycles. The van der Waals surface area contributed by atoms with Gasteiger partial charge in [-0.2, -0.15) is 5.26 Å². The standard InChI is InChI=1S/C6H8F2N2.ClH/c7-6(8)1-2-10-4-5(6)3-9;/h5,10H,1-2,4H2;1H. The summed E-state index contributed by atoms with van der Waals surface area (Å²) in [5.41, 5.74) is 0. The van der Waals surface area contributed by atoms with Crippen LogP contribution in [0.3, 0.4) is 0 Å². The van der Waals surface area contributed by atoms with E-state index < -0.39 is 11.8 Å². The first-order valence-corrected chi connectivity index (χ1v) is 3.15. The highest BCUT2D eigenvalue weighted by Crippen LogP contribution is 2.29. The van der Waals surface area contributed by atoms with Gasteiger partial charge < -0.3 is 5.32 Å². The van der Waals surface area contributed by atoms with Gasteiger partial charge in [0.05, 0.1) is 6.07 Å². The molecule has 0 aromatic rings. The van der Waals surface area contributed by atoms with Crippen molar-refractivity contribution in [2.24, 2.45) is 5.92 Å². The summed E-state index contributed by atoms with van der Waals surface area (Å²) in [6.07, 6.45) is -0.217. The van der Waals surface area contributed by atoms with Crippen molar-refractivity contribution >= 4 is 12.4 Å². The predicted molar refractivity (Wildman–Crippen MR) is 38.8 cm³/mol. The number of nitrogens with zero attached hydrogens (tertiary/aromatic N) is 1. The van der Waals surface area contributed by atoms with Gasteiger partial charge in [0.1, 0.15) is 5.92 Å². The molecule has 64 valence electrons. The predicted octanol–water partition coefficient (Wildman–Crippen LogP) is 1.18. The Kier molecular flexibility index (Phi) is 3.70. The average molecular weight is 183 g/mol. The van der Waals surface area contributed by atoms with Crippen molar-refractivity contribution in [2.45, 2.75) is 12.3 Å². The highest BCUT2D eigenvalue weighted by molar-refractivity contribution is 5.85. The van der Waals surface area contributed by atoms with Gasteiger partial charge >= 0.3 is 0 Å². The summed E-state index contributed by atoms with van der Waals surface area (Å²) in [7, 11) is 0. The third kappa shape index (κ3) is 2.28. The molecule has 1 atom stereocenters. The van der Waals surface area contributed by atoms with E-state index in [-0.39, 0.29) is 25.4 Å². The van der Waals surface area contributed by atoms with E-state index in [0.717, 1.165) is 0 Å². The Bertz CT molecular complexity index is 166. The summed E-state index contributed by atoms with van der Waals surface area (Å²) in [6, 6.07) is 1.58. The topological polar surface area (TPSA) is 35.8 Å². The van der Waals surface area contributed by atoms with Crippen LogP contribution in [0.2, 0.25) is 0 Å². The van der Waals surface area contributed by atoms with Crippen molar-refractivity contribution in [1.82, 2.24) is 5.32 Å². The molecule has 0 bridgehead atoms. The molecule has 0 spiro atoms. The number of nitrogens with one attached hydrogen (secondary N) is 1. The lowest BCUT2D eigenvalue weighted by Crippen LogP contribution is -2.43. The number of nitriles is 1. The Morgan fingerprint density at radius 2 is 2.18 bits per heavy atom. The number of rotatable bonds is 0. The molecule has 1 rings (SSSR count). The van der Waals surface area contributed by atoms with Crippen molar-refractivity contribution in [3.05, 3.63) is 0 Å². The summed E-state index contributed by atoms with van der Waals surface area (Å²) in [5.74, 6) is -3.92. The van der Waals surface area contributed by atoms with E-state index >= 15 is 0 Å². The van der Waals surface area contributed by atoms with Crippen LogP contribution in [0, 0.1) is 17.2 Å². The summed E-state index contributed by atoms with van der Waals surface area (Å²) < 4.78 is 25.2. The molecule has 11 heavy (non-hydrogen) atoms. The maximum Gasteiger partial charge on any atom is 0.266 e. The van der Waals surface area contributed by atoms with Crippen molar-refractivity contribution in [3.63, 3.8) is 0 Å². The first-order valence-electron chi connectivity index (χ1n) is 3.15. The number of halogens is 3. The van der Waals surface area contributed by atoms with Crippen molar-refractivity contribution in [1.29, 1.82) is 5.26 Å². The average Bonchev–Trinajstić information content (AvgIpc) is 1.87. The molecule has 1 unspecified atom stereocenters. The molecule has 5 heteroatoms. The van der Waals surface area contributed by atoms with Crippen LogP contribution in [0.25, 0.3) is 0 Å². The first kappa shape index (κ1) is 10.6. The quantitative estimate of drug-likeness (QED) is 0.611. The maximum atomic E-state index is 12.6. The second-order valence-electron chi connectivity index (χ2n) is 2.40. The van der Waals surface area contributed by atoms with Gasteiger partial charge in [0.25, 0.3) is 5.92 Å². The second kappa shape index (κ2) is 3.84. The lowest BCUT2D eigenvalue weighted by molar-refractivity contribution is -0.0574. The molecular formula is C6H9ClF2N2. The Morgan fingerprint density at radius 1 is 1.55 bits per heavy atom. The van der Waals surface area contributed by atoms with Crippen molar-refractivity contribution in [3.8, 4) is 6.07 Å². The largest absolute Gasteiger partial charge is 0.315 e. The van der Waals surface area contributed by atoms with Gasteiger partial charge in [-0.1, -0.05) is 0 Å². The van der Waals surface area contributed by atoms with Crippen molar-refractivity contribution in [2.75, 3.05) is 13.1 Å². The molecule has 1 aliphatic heterocycles. The van der Waals surface area contributed by atoms with Gasteiger partial charge in [-0.25, -0.2) is 8.78 Å². The number of alkyl halides is 2. The summed E-state index contributed by atoms with van der Waals surface area (Å²) in [5, 5.41) is 11.0. The normalized spacial score (nSPS) is 28.3. The van der Waals surface area contributed by atoms with E-state index in [4.69, 9.17) is 5.26 Å². The van der Waals surface area contributed by atoms with E-state index in [9.17, 15) is 8.78 Å². The highest BCUT2D eigenvalue weighted by atomic mass is 35.5. The van der Waals surface area contributed by atoms with Crippen LogP contribution in [0.15, 0.2) is 0 Å². The molecule has 1 heterocycles. The van der Waals surface area contributed by atoms with Crippen molar-refractivity contribution < 1.29 is 8.78 Å². The molecular weight excluding hydrogens is 174 g/mol. The molecule has 0 radical (unpaired) electrons. The number of piperidine rings is 1. The fourth-order valence-electron chi connectivity index (χ4n) is 0.965. The molecule has 1 aliphatic rings. The lowest BCUT2D eigenvalue weighted by atomic mass is 9.97. The minimum absolute atomic E-state index is 0. The smallest absolute Gasteiger partial charge is 0.266 e. The van der Waals surface area contributed by atoms with Crippen LogP contribution in [0.5, 0.6) is 0 Å². The molecule has 0 aliphatic carbocycles. The van der Waals surface area contributed by atoms with Crippen LogP contribution >= 0.6 is 12.4 Å². The van der Waals surface area contributed by atoms with E-state index in [1.807, 2.05) is 0 Å². The van der Waals surface area contributed by atoms with Gasteiger partial charge in [-0.3, -0.25) is 0 Å². The molecule has 0 aromatic carbocycles. The molecule has 0 amide bonds. The van der Waals surface area contributed by atoms with Gasteiger partial charge in [-0.15, -0.1) is 12.4 Å². The van der Waals surface area contributed by atoms with E-state index in [0.29, 0.717) is 6.54 Å². The third-order valence-electron chi connectivity index (χ3n) is 1.65. The van der Waals surface area contributed by atoms with Crippen LogP contribution in [0.1, 0.15) is 6.42 Å². The maximum absolute atomic E-state index is 12.6. The highest BCUT2D eigenvalue weighted by Gasteiger charge is 2.41. The van der Waals surface area contributed by atoms with Crippen LogP contribution in [-0.4, -0.2) is 19.0 Å². The SMILES string of the molecule is Cl.N#CC1CNCCC1(F)F. The zero-order valence-electron chi connectivity index (χ0n) is 5.81. The minimum Gasteiger partial charge on any atom is -0.315 e. The third-order valence-corrected chi connectivity index (χ3v) is 1.65. The monoisotopic (exact) mass is 182 g/mol. The van der Waals surface area contributed by atoms with Crippen LogP contribution in [-0.2, 0) is 0 Å². The van der Waals surface area contributed by atoms with Gasteiger partial charge in [0.15, 0.2) is 0 Å². The lowest BCUT2D eigenvalue weighted by Gasteiger charge is -2.26. The molecule has 0 aromatic heterocycles. The fourth-order valence-corrected chi connectivity index (χ4v) is 0.965. The number of hydrogen-bond donors (Lipinski definition) is 1. The molecule has 2 nitrogen and oxygen atoms in total. The summed E-state index contributed by atoms with van der Waals surface area (Å²) in [6.45, 7) is 0.425. The fraction of sp³-hybridized carbons (Fsp3) is 0.833. The Hall–Kier alpha value is -0.400. The zero-order valence-corrected chi connectivity index (χ0v) is 6.63. The van der Waals surface area contributed by atoms with E-state index in [2.05, 4.69) is 5.32 Å². The second-order valence-corrected chi connectivity index (χ2v) is 2.40. The number of hydrogen-bond acceptors (Lipinski definition) is 2. The zero-order chi connectivity index (χ0) is 7.61. The summed E-state index contributed by atoms with van der Waals surface area (Å²) >= 11 is 0. The van der Waals surface area contributed by atoms with Gasteiger partial charge in [0, 0.05) is 19.5 Å². The minimum atomic E-state index is -2.78.